The molecule has 0 spiro atoms. The van der Waals surface area contributed by atoms with E-state index in [1.54, 1.807) is 11.8 Å². The average molecular weight is 240 g/mol. The Bertz CT molecular complexity index is 398. The molecule has 0 saturated carbocycles. The molecule has 1 aliphatic carbocycles. The predicted molar refractivity (Wildman–Crippen MR) is 62.9 cm³/mol. The second-order valence-electron chi connectivity index (χ2n) is 4.05. The third-order valence-corrected chi connectivity index (χ3v) is 3.84. The minimum absolute atomic E-state index is 0.231. The van der Waals surface area contributed by atoms with Crippen LogP contribution in [0.1, 0.15) is 6.92 Å². The SMILES string of the molecule is CC1=CC(C(=O)O)C(F)C=C1C1C=CSC1. The molecule has 2 rings (SSSR count). The number of allylic oxidation sites excluding steroid dienone is 4. The Morgan fingerprint density at radius 1 is 1.56 bits per heavy atom. The number of carbonyl (C=O) groups is 1. The van der Waals surface area contributed by atoms with Crippen molar-refractivity contribution >= 4 is 17.7 Å². The first-order valence-corrected chi connectivity index (χ1v) is 6.20. The number of hydrogen-bond donors (Lipinski definition) is 1. The van der Waals surface area contributed by atoms with Crippen LogP contribution in [-0.2, 0) is 4.79 Å². The predicted octanol–water partition coefficient (Wildman–Crippen LogP) is 2.79. The van der Waals surface area contributed by atoms with E-state index in [1.807, 2.05) is 18.4 Å². The van der Waals surface area contributed by atoms with Gasteiger partial charge in [0.2, 0.25) is 0 Å². The molecular formula is C12H13FO2S. The lowest BCUT2D eigenvalue weighted by molar-refractivity contribution is -0.141. The normalized spacial score (nSPS) is 33.5. The molecule has 0 aromatic heterocycles. The van der Waals surface area contributed by atoms with Crippen molar-refractivity contribution in [1.82, 2.24) is 0 Å². The van der Waals surface area contributed by atoms with Crippen molar-refractivity contribution in [3.63, 3.8) is 0 Å². The lowest BCUT2D eigenvalue weighted by atomic mass is 9.84. The zero-order chi connectivity index (χ0) is 11.7. The Kier molecular flexibility index (Phi) is 3.19. The van der Waals surface area contributed by atoms with E-state index in [4.69, 9.17) is 5.11 Å². The second kappa shape index (κ2) is 4.45. The van der Waals surface area contributed by atoms with Crippen LogP contribution in [0.4, 0.5) is 4.39 Å². The van der Waals surface area contributed by atoms with Crippen molar-refractivity contribution in [2.24, 2.45) is 11.8 Å². The minimum Gasteiger partial charge on any atom is -0.481 e. The summed E-state index contributed by atoms with van der Waals surface area (Å²) in [5, 5.41) is 10.9. The van der Waals surface area contributed by atoms with E-state index in [-0.39, 0.29) is 5.92 Å². The summed E-state index contributed by atoms with van der Waals surface area (Å²) in [6, 6.07) is 0. The number of thioether (sulfide) groups is 1. The molecule has 0 aromatic carbocycles. The van der Waals surface area contributed by atoms with Crippen molar-refractivity contribution in [3.8, 4) is 0 Å². The highest BCUT2D eigenvalue weighted by Gasteiger charge is 2.31. The van der Waals surface area contributed by atoms with Crippen LogP contribution >= 0.6 is 11.8 Å². The maximum Gasteiger partial charge on any atom is 0.313 e. The average Bonchev–Trinajstić information content (AvgIpc) is 2.73. The van der Waals surface area contributed by atoms with Gasteiger partial charge in [-0.25, -0.2) is 4.39 Å². The zero-order valence-electron chi connectivity index (χ0n) is 8.89. The molecule has 2 aliphatic rings. The van der Waals surface area contributed by atoms with E-state index >= 15 is 0 Å². The Labute approximate surface area is 97.9 Å². The molecule has 0 fully saturated rings. The monoisotopic (exact) mass is 240 g/mol. The molecule has 0 amide bonds. The van der Waals surface area contributed by atoms with E-state index in [2.05, 4.69) is 0 Å². The molecule has 86 valence electrons. The van der Waals surface area contributed by atoms with Crippen molar-refractivity contribution < 1.29 is 14.3 Å². The van der Waals surface area contributed by atoms with Crippen molar-refractivity contribution in [2.45, 2.75) is 13.1 Å². The fourth-order valence-electron chi connectivity index (χ4n) is 2.05. The van der Waals surface area contributed by atoms with Gasteiger partial charge in [0.15, 0.2) is 0 Å². The summed E-state index contributed by atoms with van der Waals surface area (Å²) in [5.41, 5.74) is 1.82. The van der Waals surface area contributed by atoms with Gasteiger partial charge >= 0.3 is 5.97 Å². The Hall–Kier alpha value is -1.03. The first-order chi connectivity index (χ1) is 7.59. The maximum absolute atomic E-state index is 13.6. The summed E-state index contributed by atoms with van der Waals surface area (Å²) in [7, 11) is 0. The van der Waals surface area contributed by atoms with E-state index in [0.29, 0.717) is 0 Å². The zero-order valence-corrected chi connectivity index (χ0v) is 9.71. The van der Waals surface area contributed by atoms with E-state index in [1.165, 1.54) is 12.2 Å². The molecule has 3 atom stereocenters. The van der Waals surface area contributed by atoms with Gasteiger partial charge < -0.3 is 5.11 Å². The molecule has 1 aliphatic heterocycles. The van der Waals surface area contributed by atoms with Crippen LogP contribution in [0, 0.1) is 11.8 Å². The third kappa shape index (κ3) is 2.07. The van der Waals surface area contributed by atoms with Crippen molar-refractivity contribution in [2.75, 3.05) is 5.75 Å². The van der Waals surface area contributed by atoms with Gasteiger partial charge in [0.05, 0.1) is 0 Å². The Morgan fingerprint density at radius 2 is 2.31 bits per heavy atom. The van der Waals surface area contributed by atoms with Crippen LogP contribution in [0.15, 0.2) is 34.8 Å². The van der Waals surface area contributed by atoms with E-state index in [0.717, 1.165) is 16.9 Å². The first kappa shape index (κ1) is 11.5. The molecule has 3 unspecified atom stereocenters. The van der Waals surface area contributed by atoms with Crippen LogP contribution in [0.2, 0.25) is 0 Å². The summed E-state index contributed by atoms with van der Waals surface area (Å²) in [4.78, 5) is 10.8. The molecule has 2 nitrogen and oxygen atoms in total. The van der Waals surface area contributed by atoms with Gasteiger partial charge in [0, 0.05) is 11.7 Å². The highest BCUT2D eigenvalue weighted by molar-refractivity contribution is 8.02. The fraction of sp³-hybridized carbons (Fsp3) is 0.417. The topological polar surface area (TPSA) is 37.3 Å². The number of carboxylic acid groups (broad SMARTS) is 1. The number of hydrogen-bond acceptors (Lipinski definition) is 2. The van der Waals surface area contributed by atoms with Crippen molar-refractivity contribution in [1.29, 1.82) is 0 Å². The van der Waals surface area contributed by atoms with Gasteiger partial charge in [-0.1, -0.05) is 17.7 Å². The van der Waals surface area contributed by atoms with Crippen LogP contribution in [0.25, 0.3) is 0 Å². The summed E-state index contributed by atoms with van der Waals surface area (Å²) < 4.78 is 13.6. The molecule has 0 aromatic rings. The highest BCUT2D eigenvalue weighted by atomic mass is 32.2. The maximum atomic E-state index is 13.6. The number of halogens is 1. The molecule has 16 heavy (non-hydrogen) atoms. The summed E-state index contributed by atoms with van der Waals surface area (Å²) >= 11 is 1.70. The molecule has 0 radical (unpaired) electrons. The standard InChI is InChI=1S/C12H13FO2S/c1-7-4-10(12(14)15)11(13)5-9(7)8-2-3-16-6-8/h2-5,8,10-11H,6H2,1H3,(H,14,15). The van der Waals surface area contributed by atoms with Gasteiger partial charge in [-0.3, -0.25) is 4.79 Å². The number of aliphatic carboxylic acids is 1. The Morgan fingerprint density at radius 3 is 2.88 bits per heavy atom. The number of carboxylic acids is 1. The number of alkyl halides is 1. The number of rotatable bonds is 2. The third-order valence-electron chi connectivity index (χ3n) is 2.93. The molecule has 1 N–H and O–H groups in total. The fourth-order valence-corrected chi connectivity index (χ4v) is 2.96. The van der Waals surface area contributed by atoms with Crippen LogP contribution < -0.4 is 0 Å². The van der Waals surface area contributed by atoms with Gasteiger partial charge in [-0.15, -0.1) is 11.8 Å². The van der Waals surface area contributed by atoms with Gasteiger partial charge in [0.25, 0.3) is 0 Å². The molecule has 4 heteroatoms. The lowest BCUT2D eigenvalue weighted by Crippen LogP contribution is -2.26. The summed E-state index contributed by atoms with van der Waals surface area (Å²) in [6.45, 7) is 1.85. The van der Waals surface area contributed by atoms with Crippen LogP contribution in [0.5, 0.6) is 0 Å². The molecule has 0 bridgehead atoms. The lowest BCUT2D eigenvalue weighted by Gasteiger charge is -2.23. The van der Waals surface area contributed by atoms with E-state index in [9.17, 15) is 9.18 Å². The molecule has 0 saturated heterocycles. The van der Waals surface area contributed by atoms with E-state index < -0.39 is 18.1 Å². The summed E-state index contributed by atoms with van der Waals surface area (Å²) in [6.07, 6.45) is 3.63. The summed E-state index contributed by atoms with van der Waals surface area (Å²) in [5.74, 6) is -0.976. The van der Waals surface area contributed by atoms with Gasteiger partial charge in [-0.2, -0.15) is 0 Å². The molecule has 1 heterocycles. The smallest absolute Gasteiger partial charge is 0.313 e. The largest absolute Gasteiger partial charge is 0.481 e. The molecular weight excluding hydrogens is 227 g/mol. The quantitative estimate of drug-likeness (QED) is 0.806. The second-order valence-corrected chi connectivity index (χ2v) is 4.99. The van der Waals surface area contributed by atoms with Gasteiger partial charge in [0.1, 0.15) is 12.1 Å². The Balaban J connectivity index is 2.23. The van der Waals surface area contributed by atoms with Gasteiger partial charge in [-0.05, 0) is 24.0 Å². The van der Waals surface area contributed by atoms with Crippen LogP contribution in [-0.4, -0.2) is 23.0 Å². The first-order valence-electron chi connectivity index (χ1n) is 5.15. The minimum atomic E-state index is -1.41. The van der Waals surface area contributed by atoms with Crippen molar-refractivity contribution in [3.05, 3.63) is 34.8 Å². The highest BCUT2D eigenvalue weighted by Crippen LogP contribution is 2.35. The van der Waals surface area contributed by atoms with Crippen LogP contribution in [0.3, 0.4) is 0 Å².